The average molecular weight is 1150 g/mol. The first kappa shape index (κ1) is 81.5. The van der Waals surface area contributed by atoms with Crippen molar-refractivity contribution in [1.82, 2.24) is 0 Å². The predicted molar refractivity (Wildman–Crippen MR) is 373 cm³/mol. The molecule has 0 saturated heterocycles. The summed E-state index contributed by atoms with van der Waals surface area (Å²) in [7, 11) is 0. The lowest BCUT2D eigenvalue weighted by Gasteiger charge is -2.05. The van der Waals surface area contributed by atoms with E-state index in [1.807, 2.05) is 0 Å². The molecule has 0 fully saturated rings. The van der Waals surface area contributed by atoms with Crippen LogP contribution in [0.4, 0.5) is 0 Å². The molecule has 0 aliphatic rings. The lowest BCUT2D eigenvalue weighted by Crippen LogP contribution is -1.93. The highest BCUT2D eigenvalue weighted by Crippen LogP contribution is 2.22. The van der Waals surface area contributed by atoms with Gasteiger partial charge < -0.3 is 5.11 Å². The Hall–Kier alpha value is -0.530. The third-order valence-corrected chi connectivity index (χ3v) is 19.4. The second kappa shape index (κ2) is 76.6. The molecule has 0 amide bonds. The number of carbonyl (C=O) groups is 1. The number of hydrogen-bond donors (Lipinski definition) is 1. The number of hydrogen-bond acceptors (Lipinski definition) is 1. The fraction of sp³-hybridized carbons (Fsp3) is 0.988. The van der Waals surface area contributed by atoms with Gasteiger partial charge in [-0.1, -0.05) is 489 Å². The van der Waals surface area contributed by atoms with E-state index in [2.05, 4.69) is 13.8 Å². The summed E-state index contributed by atoms with van der Waals surface area (Å²) in [5, 5.41) is 8.69. The minimum atomic E-state index is -0.645. The van der Waals surface area contributed by atoms with Crippen molar-refractivity contribution in [2.75, 3.05) is 0 Å². The molecule has 0 heterocycles. The molecule has 0 aliphatic heterocycles. The molecule has 2 heteroatoms. The molecule has 0 rings (SSSR count). The average Bonchev–Trinajstić information content (AvgIpc) is 3.47. The van der Waals surface area contributed by atoms with Crippen LogP contribution in [0.25, 0.3) is 0 Å². The Bertz CT molecular complexity index is 1100. The number of rotatable bonds is 77. The quantitative estimate of drug-likeness (QED) is 0.0616. The third-order valence-electron chi connectivity index (χ3n) is 19.4. The van der Waals surface area contributed by atoms with E-state index < -0.39 is 5.97 Å². The number of carboxylic acid groups (broad SMARTS) is 1. The van der Waals surface area contributed by atoms with Crippen molar-refractivity contribution in [3.63, 3.8) is 0 Å². The van der Waals surface area contributed by atoms with Crippen molar-refractivity contribution in [2.45, 2.75) is 502 Å². The van der Waals surface area contributed by atoms with Gasteiger partial charge in [0.15, 0.2) is 0 Å². The second-order valence-electron chi connectivity index (χ2n) is 28.5. The van der Waals surface area contributed by atoms with Crippen molar-refractivity contribution in [3.8, 4) is 0 Å². The first-order chi connectivity index (χ1) is 40.6. The summed E-state index contributed by atoms with van der Waals surface area (Å²) in [5.74, 6) is 0.248. The molecule has 0 unspecified atom stereocenters. The van der Waals surface area contributed by atoms with Crippen molar-refractivity contribution < 1.29 is 9.90 Å². The van der Waals surface area contributed by atoms with Crippen LogP contribution in [0, 0.1) is 5.92 Å². The molecule has 1 N–H and O–H groups in total. The van der Waals surface area contributed by atoms with Crippen molar-refractivity contribution in [1.29, 1.82) is 0 Å². The van der Waals surface area contributed by atoms with Gasteiger partial charge in [0.05, 0.1) is 0 Å². The zero-order valence-electron chi connectivity index (χ0n) is 57.7. The van der Waals surface area contributed by atoms with Crippen LogP contribution in [0.1, 0.15) is 502 Å². The maximum Gasteiger partial charge on any atom is 0.303 e. The van der Waals surface area contributed by atoms with E-state index >= 15 is 0 Å². The molecule has 492 valence electrons. The molecule has 0 atom stereocenters. The standard InChI is InChI=1S/C80H160O2/c1-79(2)77-75-73-71-69-67-65-63-61-59-57-55-53-51-49-47-45-43-41-39-37-35-33-31-29-27-25-23-21-19-17-15-13-11-9-7-5-3-4-6-8-10-12-14-16-18-20-22-24-26-28-30-32-34-36-38-40-42-44-46-48-50-52-54-56-58-60-62-64-66-68-70-72-74-76-78-80(81)82/h79H,3-78H2,1-2H3,(H,81,82). The summed E-state index contributed by atoms with van der Waals surface area (Å²) in [4.78, 5) is 10.5. The van der Waals surface area contributed by atoms with Gasteiger partial charge in [-0.05, 0) is 12.3 Å². The van der Waals surface area contributed by atoms with Crippen LogP contribution in [0.15, 0.2) is 0 Å². The van der Waals surface area contributed by atoms with E-state index in [-0.39, 0.29) is 0 Å². The van der Waals surface area contributed by atoms with Gasteiger partial charge in [-0.25, -0.2) is 0 Å². The maximum atomic E-state index is 10.5. The molecule has 0 aromatic rings. The monoisotopic (exact) mass is 1150 g/mol. The zero-order chi connectivity index (χ0) is 58.9. The summed E-state index contributed by atoms with van der Waals surface area (Å²) < 4.78 is 0. The molecule has 0 saturated carbocycles. The lowest BCUT2D eigenvalue weighted by atomic mass is 10.0. The Morgan fingerprint density at radius 3 is 0.341 bits per heavy atom. The van der Waals surface area contributed by atoms with Crippen molar-refractivity contribution in [2.24, 2.45) is 5.92 Å². The molecule has 82 heavy (non-hydrogen) atoms. The van der Waals surface area contributed by atoms with Crippen LogP contribution in [0.3, 0.4) is 0 Å². The molecule has 0 aromatic carbocycles. The zero-order valence-corrected chi connectivity index (χ0v) is 57.7. The van der Waals surface area contributed by atoms with Crippen LogP contribution in [0.5, 0.6) is 0 Å². The number of unbranched alkanes of at least 4 members (excludes halogenated alkanes) is 73. The van der Waals surface area contributed by atoms with Gasteiger partial charge >= 0.3 is 5.97 Å². The number of carboxylic acids is 1. The molecule has 0 aliphatic carbocycles. The highest BCUT2D eigenvalue weighted by molar-refractivity contribution is 5.66. The molecule has 0 radical (unpaired) electrons. The Morgan fingerprint density at radius 1 is 0.171 bits per heavy atom. The van der Waals surface area contributed by atoms with E-state index in [4.69, 9.17) is 5.11 Å². The third kappa shape index (κ3) is 79.5. The van der Waals surface area contributed by atoms with Crippen molar-refractivity contribution >= 4 is 5.97 Å². The van der Waals surface area contributed by atoms with Gasteiger partial charge in [-0.2, -0.15) is 0 Å². The summed E-state index contributed by atoms with van der Waals surface area (Å²) in [6, 6.07) is 0. The van der Waals surface area contributed by atoms with Crippen molar-refractivity contribution in [3.05, 3.63) is 0 Å². The fourth-order valence-corrected chi connectivity index (χ4v) is 13.6. The fourth-order valence-electron chi connectivity index (χ4n) is 13.6. The first-order valence-electron chi connectivity index (χ1n) is 39.8. The molecular weight excluding hydrogens is 993 g/mol. The minimum Gasteiger partial charge on any atom is -0.481 e. The van der Waals surface area contributed by atoms with Gasteiger partial charge in [-0.15, -0.1) is 0 Å². The highest BCUT2D eigenvalue weighted by atomic mass is 16.4. The first-order valence-corrected chi connectivity index (χ1v) is 39.8. The topological polar surface area (TPSA) is 37.3 Å². The highest BCUT2D eigenvalue weighted by Gasteiger charge is 2.03. The van der Waals surface area contributed by atoms with Gasteiger partial charge in [-0.3, -0.25) is 4.79 Å². The van der Waals surface area contributed by atoms with Gasteiger partial charge in [0.2, 0.25) is 0 Å². The summed E-state index contributed by atoms with van der Waals surface area (Å²) in [6.07, 6.45) is 110. The Kier molecular flexibility index (Phi) is 76.1. The van der Waals surface area contributed by atoms with E-state index in [9.17, 15) is 4.79 Å². The number of aliphatic carboxylic acids is 1. The molecule has 2 nitrogen and oxygen atoms in total. The van der Waals surface area contributed by atoms with Gasteiger partial charge in [0, 0.05) is 6.42 Å². The van der Waals surface area contributed by atoms with E-state index in [0.717, 1.165) is 18.8 Å². The molecule has 0 aromatic heterocycles. The van der Waals surface area contributed by atoms with Gasteiger partial charge in [0.25, 0.3) is 0 Å². The Morgan fingerprint density at radius 2 is 0.256 bits per heavy atom. The lowest BCUT2D eigenvalue weighted by molar-refractivity contribution is -0.137. The summed E-state index contributed by atoms with van der Waals surface area (Å²) in [5.41, 5.74) is 0. The SMILES string of the molecule is CC(C)CCCCCCCCCCCCCCCCCCCCCCCCCCCCCCCCCCCCCCCCCCCCCCCCCCCCCCCCCCCCCCCCCCCCCCCCCCCCC(=O)O. The second-order valence-corrected chi connectivity index (χ2v) is 28.5. The minimum absolute atomic E-state index is 0.347. The molecule has 0 bridgehead atoms. The van der Waals surface area contributed by atoms with E-state index in [1.165, 1.54) is 469 Å². The van der Waals surface area contributed by atoms with E-state index in [0.29, 0.717) is 6.42 Å². The van der Waals surface area contributed by atoms with Crippen LogP contribution in [-0.4, -0.2) is 11.1 Å². The normalized spacial score (nSPS) is 11.8. The van der Waals surface area contributed by atoms with Crippen LogP contribution < -0.4 is 0 Å². The molecule has 0 spiro atoms. The van der Waals surface area contributed by atoms with Gasteiger partial charge in [0.1, 0.15) is 0 Å². The Labute approximate surface area is 521 Å². The predicted octanol–water partition coefficient (Wildman–Crippen LogP) is 30.4. The van der Waals surface area contributed by atoms with E-state index in [1.54, 1.807) is 0 Å². The molecular formula is C80H160O2. The smallest absolute Gasteiger partial charge is 0.303 e. The van der Waals surface area contributed by atoms with Crippen LogP contribution >= 0.6 is 0 Å². The Balaban J connectivity index is 3.08. The summed E-state index contributed by atoms with van der Waals surface area (Å²) in [6.45, 7) is 4.71. The summed E-state index contributed by atoms with van der Waals surface area (Å²) >= 11 is 0. The van der Waals surface area contributed by atoms with Crippen LogP contribution in [-0.2, 0) is 4.79 Å². The van der Waals surface area contributed by atoms with Crippen LogP contribution in [0.2, 0.25) is 0 Å². The maximum absolute atomic E-state index is 10.5. The largest absolute Gasteiger partial charge is 0.481 e.